The van der Waals surface area contributed by atoms with Crippen LogP contribution < -0.4 is 5.32 Å². The Morgan fingerprint density at radius 1 is 1.05 bits per heavy atom. The minimum absolute atomic E-state index is 0.298. The van der Waals surface area contributed by atoms with E-state index < -0.39 is 0 Å². The minimum atomic E-state index is 0.298. The summed E-state index contributed by atoms with van der Waals surface area (Å²) in [5.41, 5.74) is 8.36. The molecule has 1 heterocycles. The maximum Gasteiger partial charge on any atom is 0.224 e. The Hall–Kier alpha value is -1.61. The molecular weight excluding hydrogens is 282 g/mol. The maximum atomic E-state index is 5.96. The van der Waals surface area contributed by atoms with Gasteiger partial charge in [-0.1, -0.05) is 6.07 Å². The van der Waals surface area contributed by atoms with Gasteiger partial charge in [-0.25, -0.2) is 9.97 Å². The number of fused-ring (bicyclic) bond motifs is 2. The van der Waals surface area contributed by atoms with Gasteiger partial charge in [0.1, 0.15) is 5.82 Å². The first-order chi connectivity index (χ1) is 10.2. The zero-order chi connectivity index (χ0) is 14.4. The van der Waals surface area contributed by atoms with Gasteiger partial charge in [-0.2, -0.15) is 0 Å². The highest BCUT2D eigenvalue weighted by atomic mass is 35.5. The molecule has 1 N–H and O–H groups in total. The third kappa shape index (κ3) is 2.20. The average Bonchev–Trinajstić information content (AvgIpc) is 3.10. The molecule has 1 aromatic carbocycles. The van der Waals surface area contributed by atoms with Gasteiger partial charge in [-0.15, -0.1) is 0 Å². The van der Waals surface area contributed by atoms with E-state index in [1.807, 2.05) is 6.92 Å². The number of hydrogen-bond acceptors (Lipinski definition) is 3. The molecule has 4 rings (SSSR count). The summed E-state index contributed by atoms with van der Waals surface area (Å²) < 4.78 is 0. The highest BCUT2D eigenvalue weighted by molar-refractivity contribution is 6.28. The summed E-state index contributed by atoms with van der Waals surface area (Å²) in [6.45, 7) is 2.02. The molecule has 0 saturated heterocycles. The first kappa shape index (κ1) is 13.1. The van der Waals surface area contributed by atoms with Crippen LogP contribution in [0.3, 0.4) is 0 Å². The number of rotatable bonds is 2. The minimum Gasteiger partial charge on any atom is -0.339 e. The molecule has 0 aliphatic heterocycles. The zero-order valence-corrected chi connectivity index (χ0v) is 12.9. The van der Waals surface area contributed by atoms with Crippen molar-refractivity contribution in [2.45, 2.75) is 45.4 Å². The van der Waals surface area contributed by atoms with Crippen LogP contribution >= 0.6 is 11.6 Å². The molecule has 0 unspecified atom stereocenters. The Morgan fingerprint density at radius 2 is 1.71 bits per heavy atom. The number of nitrogens with one attached hydrogen (secondary N) is 1. The lowest BCUT2D eigenvalue weighted by atomic mass is 9.98. The van der Waals surface area contributed by atoms with Crippen molar-refractivity contribution < 1.29 is 0 Å². The predicted octanol–water partition coefficient (Wildman–Crippen LogP) is 4.16. The molecular formula is C17H18ClN3. The van der Waals surface area contributed by atoms with Crippen LogP contribution in [0.4, 0.5) is 11.5 Å². The molecule has 21 heavy (non-hydrogen) atoms. The van der Waals surface area contributed by atoms with Crippen LogP contribution in [0, 0.1) is 6.92 Å². The summed E-state index contributed by atoms with van der Waals surface area (Å²) in [5, 5.41) is 3.88. The Bertz CT molecular complexity index is 692. The van der Waals surface area contributed by atoms with E-state index in [0.29, 0.717) is 5.28 Å². The fraction of sp³-hybridized carbons (Fsp3) is 0.412. The van der Waals surface area contributed by atoms with Gasteiger partial charge in [0.05, 0.1) is 0 Å². The van der Waals surface area contributed by atoms with E-state index in [0.717, 1.165) is 11.4 Å². The van der Waals surface area contributed by atoms with Gasteiger partial charge in [-0.3, -0.25) is 0 Å². The number of anilines is 2. The zero-order valence-electron chi connectivity index (χ0n) is 12.2. The highest BCUT2D eigenvalue weighted by Gasteiger charge is 2.24. The van der Waals surface area contributed by atoms with Crippen molar-refractivity contribution in [1.29, 1.82) is 0 Å². The van der Waals surface area contributed by atoms with Crippen LogP contribution in [-0.4, -0.2) is 9.97 Å². The third-order valence-electron chi connectivity index (χ3n) is 4.66. The van der Waals surface area contributed by atoms with Gasteiger partial charge >= 0.3 is 0 Å². The van der Waals surface area contributed by atoms with E-state index in [2.05, 4.69) is 21.4 Å². The number of hydrogen-bond donors (Lipinski definition) is 1. The molecule has 0 atom stereocenters. The highest BCUT2D eigenvalue weighted by Crippen LogP contribution is 2.40. The Labute approximate surface area is 129 Å². The fourth-order valence-electron chi connectivity index (χ4n) is 3.63. The second-order valence-corrected chi connectivity index (χ2v) is 6.37. The van der Waals surface area contributed by atoms with Crippen molar-refractivity contribution in [3.63, 3.8) is 0 Å². The number of aryl methyl sites for hydroxylation is 3. The summed E-state index contributed by atoms with van der Waals surface area (Å²) in [7, 11) is 0. The van der Waals surface area contributed by atoms with Gasteiger partial charge in [-0.05, 0) is 79.3 Å². The molecule has 0 bridgehead atoms. The molecule has 2 aliphatic rings. The average molecular weight is 300 g/mol. The lowest BCUT2D eigenvalue weighted by Gasteiger charge is -2.17. The van der Waals surface area contributed by atoms with Gasteiger partial charge in [0, 0.05) is 17.4 Å². The molecule has 0 spiro atoms. The van der Waals surface area contributed by atoms with E-state index in [9.17, 15) is 0 Å². The van der Waals surface area contributed by atoms with Gasteiger partial charge < -0.3 is 5.32 Å². The topological polar surface area (TPSA) is 37.8 Å². The van der Waals surface area contributed by atoms with Gasteiger partial charge in [0.25, 0.3) is 0 Å². The van der Waals surface area contributed by atoms with Crippen LogP contribution in [0.2, 0.25) is 5.28 Å². The molecule has 3 nitrogen and oxygen atoms in total. The number of nitrogens with zero attached hydrogens (tertiary/aromatic N) is 2. The second kappa shape index (κ2) is 4.99. The summed E-state index contributed by atoms with van der Waals surface area (Å²) in [4.78, 5) is 8.40. The second-order valence-electron chi connectivity index (χ2n) is 6.03. The monoisotopic (exact) mass is 299 g/mol. The largest absolute Gasteiger partial charge is 0.339 e. The number of aromatic nitrogens is 2. The van der Waals surface area contributed by atoms with Crippen molar-refractivity contribution in [1.82, 2.24) is 9.97 Å². The van der Waals surface area contributed by atoms with Crippen LogP contribution in [0.5, 0.6) is 0 Å². The van der Waals surface area contributed by atoms with Crippen LogP contribution in [0.25, 0.3) is 0 Å². The number of benzene rings is 1. The third-order valence-corrected chi connectivity index (χ3v) is 4.84. The van der Waals surface area contributed by atoms with E-state index in [1.54, 1.807) is 6.20 Å². The molecule has 0 saturated carbocycles. The number of halogens is 1. The van der Waals surface area contributed by atoms with Crippen molar-refractivity contribution in [2.75, 3.05) is 5.32 Å². The normalized spacial score (nSPS) is 15.9. The summed E-state index contributed by atoms with van der Waals surface area (Å²) in [6, 6.07) is 2.44. The smallest absolute Gasteiger partial charge is 0.224 e. The Kier molecular flexibility index (Phi) is 3.11. The fourth-order valence-corrected chi connectivity index (χ4v) is 3.77. The summed E-state index contributed by atoms with van der Waals surface area (Å²) >= 11 is 5.96. The van der Waals surface area contributed by atoms with E-state index in [-0.39, 0.29) is 0 Å². The lowest BCUT2D eigenvalue weighted by Crippen LogP contribution is -2.04. The SMILES string of the molecule is Cc1cnc(Cl)nc1Nc1c2c(cc3c1CCC3)CCC2. The standard InChI is InChI=1S/C17H18ClN3/c1-10-9-19-17(18)21-16(10)20-15-13-6-2-4-11(13)8-12-5-3-7-14(12)15/h8-9H,2-7H2,1H3,(H,19,20,21). The molecule has 0 fully saturated rings. The Morgan fingerprint density at radius 3 is 2.38 bits per heavy atom. The van der Waals surface area contributed by atoms with Crippen LogP contribution in [0.1, 0.15) is 40.7 Å². The van der Waals surface area contributed by atoms with Crippen LogP contribution in [-0.2, 0) is 25.7 Å². The van der Waals surface area contributed by atoms with Gasteiger partial charge in [0.15, 0.2) is 0 Å². The molecule has 108 valence electrons. The van der Waals surface area contributed by atoms with E-state index in [4.69, 9.17) is 11.6 Å². The lowest BCUT2D eigenvalue weighted by molar-refractivity contribution is 0.898. The molecule has 1 aromatic heterocycles. The first-order valence-electron chi connectivity index (χ1n) is 7.65. The van der Waals surface area contributed by atoms with Crippen molar-refractivity contribution in [2.24, 2.45) is 0 Å². The van der Waals surface area contributed by atoms with Crippen molar-refractivity contribution >= 4 is 23.1 Å². The molecule has 2 aliphatic carbocycles. The van der Waals surface area contributed by atoms with Crippen molar-refractivity contribution in [3.05, 3.63) is 45.4 Å². The molecule has 0 radical (unpaired) electrons. The predicted molar refractivity (Wildman–Crippen MR) is 85.6 cm³/mol. The van der Waals surface area contributed by atoms with E-state index in [1.165, 1.54) is 66.5 Å². The molecule has 0 amide bonds. The Balaban J connectivity index is 1.83. The molecule has 4 heteroatoms. The first-order valence-corrected chi connectivity index (χ1v) is 8.03. The van der Waals surface area contributed by atoms with Gasteiger partial charge in [0.2, 0.25) is 5.28 Å². The molecule has 2 aromatic rings. The quantitative estimate of drug-likeness (QED) is 0.846. The summed E-state index contributed by atoms with van der Waals surface area (Å²) in [5.74, 6) is 0.837. The van der Waals surface area contributed by atoms with Crippen molar-refractivity contribution in [3.8, 4) is 0 Å². The van der Waals surface area contributed by atoms with E-state index >= 15 is 0 Å². The summed E-state index contributed by atoms with van der Waals surface area (Å²) in [6.07, 6.45) is 9.06. The van der Waals surface area contributed by atoms with Crippen LogP contribution in [0.15, 0.2) is 12.3 Å². The maximum absolute atomic E-state index is 5.96.